The smallest absolute Gasteiger partial charge is 0.363 e. The molecular formula is C16H15N3O2. The van der Waals surface area contributed by atoms with Crippen LogP contribution in [0.4, 0.5) is 0 Å². The molecule has 0 unspecified atom stereocenters. The topological polar surface area (TPSA) is 56.5 Å². The molecule has 0 bridgehead atoms. The van der Waals surface area contributed by atoms with Crippen LogP contribution in [0, 0.1) is 13.8 Å². The third-order valence-electron chi connectivity index (χ3n) is 3.12. The molecule has 0 amide bonds. The van der Waals surface area contributed by atoms with Crippen molar-refractivity contribution in [3.05, 3.63) is 58.5 Å². The summed E-state index contributed by atoms with van der Waals surface area (Å²) in [5.41, 5.74) is 4.13. The van der Waals surface area contributed by atoms with Crippen molar-refractivity contribution in [3.8, 4) is 0 Å². The van der Waals surface area contributed by atoms with Gasteiger partial charge in [-0.05, 0) is 32.1 Å². The molecule has 1 aromatic heterocycles. The van der Waals surface area contributed by atoms with Crippen molar-refractivity contribution >= 4 is 17.9 Å². The van der Waals surface area contributed by atoms with Crippen molar-refractivity contribution in [3.63, 3.8) is 0 Å². The second-order valence-corrected chi connectivity index (χ2v) is 5.16. The molecule has 0 spiro atoms. The molecule has 106 valence electrons. The SMILES string of the molecule is Cc1cc(C)cc(C2=NC(=Cc3cnn(C)c3)C(=O)O2)c1. The molecule has 0 radical (unpaired) electrons. The second-order valence-electron chi connectivity index (χ2n) is 5.16. The van der Waals surface area contributed by atoms with Crippen molar-refractivity contribution in [2.24, 2.45) is 12.0 Å². The first-order chi connectivity index (χ1) is 10.0. The molecule has 1 aliphatic rings. The van der Waals surface area contributed by atoms with Crippen LogP contribution in [-0.4, -0.2) is 21.6 Å². The third-order valence-corrected chi connectivity index (χ3v) is 3.12. The van der Waals surface area contributed by atoms with E-state index >= 15 is 0 Å². The van der Waals surface area contributed by atoms with Crippen molar-refractivity contribution in [1.82, 2.24) is 9.78 Å². The Morgan fingerprint density at radius 2 is 1.90 bits per heavy atom. The summed E-state index contributed by atoms with van der Waals surface area (Å²) < 4.78 is 6.93. The zero-order valence-corrected chi connectivity index (χ0v) is 12.1. The second kappa shape index (κ2) is 5.01. The number of carbonyl (C=O) groups excluding carboxylic acids is 1. The first kappa shape index (κ1) is 13.3. The molecular weight excluding hydrogens is 266 g/mol. The summed E-state index contributed by atoms with van der Waals surface area (Å²) in [4.78, 5) is 16.2. The van der Waals surface area contributed by atoms with Crippen LogP contribution in [0.3, 0.4) is 0 Å². The lowest BCUT2D eigenvalue weighted by Gasteiger charge is -2.03. The number of aromatic nitrogens is 2. The van der Waals surface area contributed by atoms with Crippen molar-refractivity contribution < 1.29 is 9.53 Å². The van der Waals surface area contributed by atoms with Crippen molar-refractivity contribution in [2.45, 2.75) is 13.8 Å². The molecule has 2 heterocycles. The van der Waals surface area contributed by atoms with Gasteiger partial charge in [-0.1, -0.05) is 17.2 Å². The molecule has 0 N–H and O–H groups in total. The molecule has 5 heteroatoms. The van der Waals surface area contributed by atoms with E-state index in [2.05, 4.69) is 16.2 Å². The lowest BCUT2D eigenvalue weighted by Crippen LogP contribution is -2.05. The predicted octanol–water partition coefficient (Wildman–Crippen LogP) is 2.38. The standard InChI is InChI=1S/C16H15N3O2/c1-10-4-11(2)6-13(5-10)15-18-14(16(20)21-15)7-12-8-17-19(3)9-12/h4-9H,1-3H3. The van der Waals surface area contributed by atoms with Gasteiger partial charge in [0, 0.05) is 24.4 Å². The van der Waals surface area contributed by atoms with E-state index in [1.54, 1.807) is 17.0 Å². The Hall–Kier alpha value is -2.69. The molecule has 3 rings (SSSR count). The molecule has 0 saturated carbocycles. The quantitative estimate of drug-likeness (QED) is 0.627. The minimum absolute atomic E-state index is 0.289. The molecule has 21 heavy (non-hydrogen) atoms. The molecule has 0 saturated heterocycles. The van der Waals surface area contributed by atoms with Crippen LogP contribution in [0.1, 0.15) is 22.3 Å². The number of hydrogen-bond donors (Lipinski definition) is 0. The lowest BCUT2D eigenvalue weighted by atomic mass is 10.1. The van der Waals surface area contributed by atoms with Gasteiger partial charge in [0.15, 0.2) is 5.70 Å². The van der Waals surface area contributed by atoms with Crippen LogP contribution in [-0.2, 0) is 16.6 Å². The van der Waals surface area contributed by atoms with E-state index in [1.807, 2.05) is 39.2 Å². The number of hydrogen-bond acceptors (Lipinski definition) is 4. The molecule has 2 aromatic rings. The first-order valence-electron chi connectivity index (χ1n) is 6.61. The summed E-state index contributed by atoms with van der Waals surface area (Å²) >= 11 is 0. The maximum Gasteiger partial charge on any atom is 0.363 e. The summed E-state index contributed by atoms with van der Waals surface area (Å²) in [7, 11) is 1.82. The zero-order valence-electron chi connectivity index (χ0n) is 12.1. The van der Waals surface area contributed by atoms with Crippen LogP contribution >= 0.6 is 0 Å². The van der Waals surface area contributed by atoms with Crippen LogP contribution in [0.15, 0.2) is 41.3 Å². The number of aryl methyl sites for hydroxylation is 3. The average molecular weight is 281 g/mol. The molecule has 1 aliphatic heterocycles. The average Bonchev–Trinajstić information content (AvgIpc) is 2.96. The number of esters is 1. The maximum atomic E-state index is 11.9. The Morgan fingerprint density at radius 1 is 1.19 bits per heavy atom. The lowest BCUT2D eigenvalue weighted by molar-refractivity contribution is -0.129. The fourth-order valence-electron chi connectivity index (χ4n) is 2.30. The number of ether oxygens (including phenoxy) is 1. The normalized spacial score (nSPS) is 16.2. The maximum absolute atomic E-state index is 11.9. The number of aliphatic imine (C=N–C) groups is 1. The highest BCUT2D eigenvalue weighted by Crippen LogP contribution is 2.20. The van der Waals surface area contributed by atoms with Crippen molar-refractivity contribution in [1.29, 1.82) is 0 Å². The first-order valence-corrected chi connectivity index (χ1v) is 6.61. The summed E-state index contributed by atoms with van der Waals surface area (Å²) in [5.74, 6) is -0.0880. The molecule has 0 aliphatic carbocycles. The minimum atomic E-state index is -0.437. The van der Waals surface area contributed by atoms with Gasteiger partial charge in [-0.2, -0.15) is 5.10 Å². The van der Waals surface area contributed by atoms with Gasteiger partial charge in [-0.3, -0.25) is 4.68 Å². The van der Waals surface area contributed by atoms with E-state index < -0.39 is 5.97 Å². The summed E-state index contributed by atoms with van der Waals surface area (Å²) in [6.45, 7) is 4.00. The van der Waals surface area contributed by atoms with Gasteiger partial charge in [0.2, 0.25) is 5.90 Å². The van der Waals surface area contributed by atoms with Gasteiger partial charge >= 0.3 is 5.97 Å². The predicted molar refractivity (Wildman–Crippen MR) is 79.7 cm³/mol. The van der Waals surface area contributed by atoms with Crippen LogP contribution in [0.2, 0.25) is 0 Å². The van der Waals surface area contributed by atoms with E-state index in [0.717, 1.165) is 22.3 Å². The van der Waals surface area contributed by atoms with Gasteiger partial charge in [-0.25, -0.2) is 9.79 Å². The number of cyclic esters (lactones) is 1. The summed E-state index contributed by atoms with van der Waals surface area (Å²) in [6, 6.07) is 5.96. The number of rotatable bonds is 2. The molecule has 0 fully saturated rings. The van der Waals surface area contributed by atoms with Gasteiger partial charge in [-0.15, -0.1) is 0 Å². The largest absolute Gasteiger partial charge is 0.402 e. The Bertz CT molecular complexity index is 764. The van der Waals surface area contributed by atoms with Crippen molar-refractivity contribution in [2.75, 3.05) is 0 Å². The highest BCUT2D eigenvalue weighted by Gasteiger charge is 2.24. The Balaban J connectivity index is 1.97. The third kappa shape index (κ3) is 2.76. The number of carbonyl (C=O) groups is 1. The Labute approximate surface area is 122 Å². The fraction of sp³-hybridized carbons (Fsp3) is 0.188. The monoisotopic (exact) mass is 281 g/mol. The highest BCUT2D eigenvalue weighted by atomic mass is 16.6. The molecule has 5 nitrogen and oxygen atoms in total. The zero-order chi connectivity index (χ0) is 15.0. The van der Waals surface area contributed by atoms with Gasteiger partial charge in [0.1, 0.15) is 0 Å². The van der Waals surface area contributed by atoms with Gasteiger partial charge in [0.05, 0.1) is 6.20 Å². The number of benzene rings is 1. The van der Waals surface area contributed by atoms with E-state index in [9.17, 15) is 4.79 Å². The van der Waals surface area contributed by atoms with E-state index in [0.29, 0.717) is 5.90 Å². The Kier molecular flexibility index (Phi) is 3.17. The van der Waals surface area contributed by atoms with Crippen LogP contribution in [0.5, 0.6) is 0 Å². The molecule has 0 atom stereocenters. The summed E-state index contributed by atoms with van der Waals surface area (Å²) in [5, 5.41) is 4.06. The van der Waals surface area contributed by atoms with Crippen LogP contribution in [0.25, 0.3) is 6.08 Å². The summed E-state index contributed by atoms with van der Waals surface area (Å²) in [6.07, 6.45) is 5.15. The molecule has 1 aromatic carbocycles. The van der Waals surface area contributed by atoms with Gasteiger partial charge < -0.3 is 4.74 Å². The highest BCUT2D eigenvalue weighted by molar-refractivity contribution is 6.12. The van der Waals surface area contributed by atoms with E-state index in [4.69, 9.17) is 4.74 Å². The number of nitrogens with zero attached hydrogens (tertiary/aromatic N) is 3. The Morgan fingerprint density at radius 3 is 2.52 bits per heavy atom. The minimum Gasteiger partial charge on any atom is -0.402 e. The van der Waals surface area contributed by atoms with Crippen LogP contribution < -0.4 is 0 Å². The van der Waals surface area contributed by atoms with E-state index in [-0.39, 0.29) is 5.70 Å². The van der Waals surface area contributed by atoms with E-state index in [1.165, 1.54) is 0 Å². The van der Waals surface area contributed by atoms with Gasteiger partial charge in [0.25, 0.3) is 0 Å². The fourth-order valence-corrected chi connectivity index (χ4v) is 2.30.